The fraction of sp³-hybridized carbons (Fsp3) is 0.500. The number of pyridine rings is 1. The lowest BCUT2D eigenvalue weighted by molar-refractivity contribution is -0.121. The van der Waals surface area contributed by atoms with Crippen molar-refractivity contribution in [1.82, 2.24) is 15.7 Å². The van der Waals surface area contributed by atoms with Crippen LogP contribution in [0.2, 0.25) is 0 Å². The minimum Gasteiger partial charge on any atom is -0.349 e. The molecule has 1 aromatic heterocycles. The summed E-state index contributed by atoms with van der Waals surface area (Å²) < 4.78 is 0. The number of fused-ring (bicyclic) bond motifs is 2. The predicted octanol–water partition coefficient (Wildman–Crippen LogP) is 1.72. The molecule has 5 nitrogen and oxygen atoms in total. The lowest BCUT2D eigenvalue weighted by Crippen LogP contribution is -2.49. The molecule has 1 amide bonds. The Kier molecular flexibility index (Phi) is 3.68. The van der Waals surface area contributed by atoms with Gasteiger partial charge in [-0.2, -0.15) is 0 Å². The van der Waals surface area contributed by atoms with Crippen molar-refractivity contribution in [3.8, 4) is 0 Å². The Bertz CT molecular complexity index is 594. The van der Waals surface area contributed by atoms with Gasteiger partial charge in [0.05, 0.1) is 19.0 Å². The molecule has 3 heterocycles. The molecule has 0 aromatic carbocycles. The highest BCUT2D eigenvalue weighted by Gasteiger charge is 2.35. The molecule has 1 atom stereocenters. The Balaban J connectivity index is 2.12. The molecule has 1 unspecified atom stereocenters. The molecule has 112 valence electrons. The maximum atomic E-state index is 12.0. The molecule has 0 saturated carbocycles. The van der Waals surface area contributed by atoms with Crippen molar-refractivity contribution in [2.75, 3.05) is 18.1 Å². The first-order valence-electron chi connectivity index (χ1n) is 7.59. The number of amides is 1. The maximum absolute atomic E-state index is 12.0. The van der Waals surface area contributed by atoms with Crippen LogP contribution in [0.4, 0.5) is 5.82 Å². The number of nitrogens with one attached hydrogen (secondary N) is 2. The molecule has 2 aliphatic heterocycles. The fourth-order valence-electron chi connectivity index (χ4n) is 3.21. The maximum Gasteiger partial charge on any atom is 0.224 e. The second-order valence-corrected chi connectivity index (χ2v) is 5.96. The van der Waals surface area contributed by atoms with E-state index in [1.54, 1.807) is 0 Å². The second kappa shape index (κ2) is 5.48. The summed E-state index contributed by atoms with van der Waals surface area (Å²) in [6.07, 6.45) is 2.30. The van der Waals surface area contributed by atoms with E-state index in [0.29, 0.717) is 12.3 Å². The van der Waals surface area contributed by atoms with Gasteiger partial charge in [0, 0.05) is 18.3 Å². The number of hydrazine groups is 1. The monoisotopic (exact) mass is 286 g/mol. The molecular weight excluding hydrogens is 264 g/mol. The van der Waals surface area contributed by atoms with Gasteiger partial charge in [-0.05, 0) is 29.2 Å². The standard InChI is InChI=1S/C16H22N4O/c1-4-18-20-9-11-8-13(21)19-15(10(2)3)14(11)12-6-5-7-17-16(12)20/h5-7,10,15,18H,4,8-9H2,1-3H3,(H,19,21). The number of rotatable bonds is 3. The third kappa shape index (κ3) is 2.42. The van der Waals surface area contributed by atoms with E-state index in [2.05, 4.69) is 47.6 Å². The zero-order valence-corrected chi connectivity index (χ0v) is 12.8. The number of anilines is 1. The molecule has 0 radical (unpaired) electrons. The van der Waals surface area contributed by atoms with Crippen LogP contribution in [0.1, 0.15) is 32.8 Å². The minimum absolute atomic E-state index is 0.0768. The summed E-state index contributed by atoms with van der Waals surface area (Å²) in [5.74, 6) is 1.44. The van der Waals surface area contributed by atoms with E-state index in [-0.39, 0.29) is 11.9 Å². The quantitative estimate of drug-likeness (QED) is 0.888. The van der Waals surface area contributed by atoms with Gasteiger partial charge in [0.15, 0.2) is 5.82 Å². The molecule has 2 N–H and O–H groups in total. The van der Waals surface area contributed by atoms with Crippen LogP contribution in [-0.2, 0) is 4.79 Å². The Hall–Kier alpha value is -1.88. The number of hydrogen-bond donors (Lipinski definition) is 2. The zero-order valence-electron chi connectivity index (χ0n) is 12.8. The van der Waals surface area contributed by atoms with Crippen molar-refractivity contribution in [3.63, 3.8) is 0 Å². The Labute approximate surface area is 125 Å². The van der Waals surface area contributed by atoms with Gasteiger partial charge in [0.25, 0.3) is 0 Å². The molecule has 0 saturated heterocycles. The van der Waals surface area contributed by atoms with E-state index in [1.165, 1.54) is 11.1 Å². The highest BCUT2D eigenvalue weighted by Crippen LogP contribution is 2.39. The van der Waals surface area contributed by atoms with Crippen LogP contribution in [0.15, 0.2) is 23.9 Å². The molecule has 0 spiro atoms. The zero-order chi connectivity index (χ0) is 15.0. The van der Waals surface area contributed by atoms with Crippen LogP contribution >= 0.6 is 0 Å². The van der Waals surface area contributed by atoms with Crippen LogP contribution < -0.4 is 15.8 Å². The van der Waals surface area contributed by atoms with E-state index in [1.807, 2.05) is 12.3 Å². The van der Waals surface area contributed by atoms with Crippen LogP contribution in [-0.4, -0.2) is 30.0 Å². The van der Waals surface area contributed by atoms with Crippen LogP contribution in [0.5, 0.6) is 0 Å². The van der Waals surface area contributed by atoms with Crippen molar-refractivity contribution in [1.29, 1.82) is 0 Å². The van der Waals surface area contributed by atoms with Crippen molar-refractivity contribution in [2.45, 2.75) is 33.2 Å². The first-order chi connectivity index (χ1) is 10.1. The molecular formula is C16H22N4O. The van der Waals surface area contributed by atoms with Gasteiger partial charge in [-0.3, -0.25) is 9.80 Å². The summed E-state index contributed by atoms with van der Waals surface area (Å²) in [4.78, 5) is 16.5. The topological polar surface area (TPSA) is 57.3 Å². The highest BCUT2D eigenvalue weighted by atomic mass is 16.1. The van der Waals surface area contributed by atoms with Gasteiger partial charge in [0.1, 0.15) is 0 Å². The van der Waals surface area contributed by atoms with E-state index >= 15 is 0 Å². The molecule has 5 heteroatoms. The number of nitrogens with zero attached hydrogens (tertiary/aromatic N) is 2. The average molecular weight is 286 g/mol. The van der Waals surface area contributed by atoms with Gasteiger partial charge in [-0.25, -0.2) is 10.4 Å². The fourth-order valence-corrected chi connectivity index (χ4v) is 3.21. The van der Waals surface area contributed by atoms with Crippen molar-refractivity contribution in [3.05, 3.63) is 29.5 Å². The average Bonchev–Trinajstić information content (AvgIpc) is 2.46. The van der Waals surface area contributed by atoms with E-state index in [0.717, 1.165) is 24.5 Å². The molecule has 2 aliphatic rings. The predicted molar refractivity (Wildman–Crippen MR) is 83.6 cm³/mol. The van der Waals surface area contributed by atoms with Crippen molar-refractivity contribution in [2.24, 2.45) is 5.92 Å². The van der Waals surface area contributed by atoms with Gasteiger partial charge in [-0.15, -0.1) is 0 Å². The molecule has 0 aliphatic carbocycles. The SMILES string of the molecule is CCNN1CC2=C(c3cccnc31)C(C(C)C)NC(=O)C2. The van der Waals surface area contributed by atoms with Gasteiger partial charge in [-0.1, -0.05) is 20.8 Å². The molecule has 1 aromatic rings. The third-order valence-electron chi connectivity index (χ3n) is 4.08. The molecule has 0 bridgehead atoms. The van der Waals surface area contributed by atoms with Crippen LogP contribution in [0.25, 0.3) is 5.57 Å². The number of carbonyl (C=O) groups is 1. The minimum atomic E-state index is 0.0768. The molecule has 21 heavy (non-hydrogen) atoms. The normalized spacial score (nSPS) is 21.2. The summed E-state index contributed by atoms with van der Waals surface area (Å²) >= 11 is 0. The lowest BCUT2D eigenvalue weighted by Gasteiger charge is -2.39. The van der Waals surface area contributed by atoms with E-state index in [4.69, 9.17) is 0 Å². The van der Waals surface area contributed by atoms with Crippen molar-refractivity contribution >= 4 is 17.3 Å². The second-order valence-electron chi connectivity index (χ2n) is 5.96. The molecule has 3 rings (SSSR count). The summed E-state index contributed by atoms with van der Waals surface area (Å²) in [5, 5.41) is 5.20. The van der Waals surface area contributed by atoms with Crippen LogP contribution in [0, 0.1) is 5.92 Å². The Morgan fingerprint density at radius 1 is 1.52 bits per heavy atom. The van der Waals surface area contributed by atoms with Crippen molar-refractivity contribution < 1.29 is 4.79 Å². The first-order valence-corrected chi connectivity index (χ1v) is 7.59. The largest absolute Gasteiger partial charge is 0.349 e. The van der Waals surface area contributed by atoms with E-state index in [9.17, 15) is 4.79 Å². The third-order valence-corrected chi connectivity index (χ3v) is 4.08. The molecule has 0 fully saturated rings. The van der Waals surface area contributed by atoms with Gasteiger partial charge in [0.2, 0.25) is 5.91 Å². The summed E-state index contributed by atoms with van der Waals surface area (Å²) in [6, 6.07) is 4.15. The first kappa shape index (κ1) is 14.1. The highest BCUT2D eigenvalue weighted by molar-refractivity contribution is 5.93. The summed E-state index contributed by atoms with van der Waals surface area (Å²) in [5.41, 5.74) is 6.95. The van der Waals surface area contributed by atoms with E-state index < -0.39 is 0 Å². The summed E-state index contributed by atoms with van der Waals surface area (Å²) in [7, 11) is 0. The number of aromatic nitrogens is 1. The van der Waals surface area contributed by atoms with Gasteiger partial charge >= 0.3 is 0 Å². The lowest BCUT2D eigenvalue weighted by atomic mass is 9.81. The summed E-state index contributed by atoms with van der Waals surface area (Å²) in [6.45, 7) is 7.92. The number of carbonyl (C=O) groups excluding carboxylic acids is 1. The smallest absolute Gasteiger partial charge is 0.224 e. The van der Waals surface area contributed by atoms with Gasteiger partial charge < -0.3 is 5.32 Å². The van der Waals surface area contributed by atoms with Crippen LogP contribution in [0.3, 0.4) is 0 Å². The Morgan fingerprint density at radius 3 is 3.05 bits per heavy atom. The number of hydrogen-bond acceptors (Lipinski definition) is 4. The Morgan fingerprint density at radius 2 is 2.33 bits per heavy atom.